The number of hydrogen-bond acceptors (Lipinski definition) is 3. The minimum Gasteiger partial charge on any atom is -0.384 e. The van der Waals surface area contributed by atoms with Crippen LogP contribution in [0, 0.1) is 5.41 Å². The Labute approximate surface area is 113 Å². The van der Waals surface area contributed by atoms with Crippen molar-refractivity contribution in [2.45, 2.75) is 37.5 Å². The SMILES string of the molecule is N=C(N)c1cccc(CNS(=O)(=O)C2CCCC2)c1. The Kier molecular flexibility index (Phi) is 4.21. The van der Waals surface area contributed by atoms with Crippen LogP contribution in [0.3, 0.4) is 0 Å². The molecule has 0 atom stereocenters. The number of amidine groups is 1. The molecule has 0 heterocycles. The van der Waals surface area contributed by atoms with Gasteiger partial charge in [-0.15, -0.1) is 0 Å². The van der Waals surface area contributed by atoms with Gasteiger partial charge in [-0.05, 0) is 24.5 Å². The Morgan fingerprint density at radius 3 is 2.68 bits per heavy atom. The molecule has 19 heavy (non-hydrogen) atoms. The lowest BCUT2D eigenvalue weighted by Crippen LogP contribution is -2.32. The number of nitrogens with two attached hydrogens (primary N) is 1. The van der Waals surface area contributed by atoms with Crippen LogP contribution >= 0.6 is 0 Å². The van der Waals surface area contributed by atoms with E-state index in [-0.39, 0.29) is 17.6 Å². The molecule has 0 unspecified atom stereocenters. The Balaban J connectivity index is 2.02. The summed E-state index contributed by atoms with van der Waals surface area (Å²) >= 11 is 0. The summed E-state index contributed by atoms with van der Waals surface area (Å²) in [5.74, 6) is -0.0134. The lowest BCUT2D eigenvalue weighted by atomic mass is 10.1. The van der Waals surface area contributed by atoms with Crippen molar-refractivity contribution >= 4 is 15.9 Å². The van der Waals surface area contributed by atoms with Crippen LogP contribution in [0.5, 0.6) is 0 Å². The first kappa shape index (κ1) is 14.0. The van der Waals surface area contributed by atoms with E-state index in [1.165, 1.54) is 0 Å². The van der Waals surface area contributed by atoms with Crippen LogP contribution in [-0.4, -0.2) is 19.5 Å². The van der Waals surface area contributed by atoms with Gasteiger partial charge in [-0.25, -0.2) is 13.1 Å². The molecule has 6 heteroatoms. The third-order valence-corrected chi connectivity index (χ3v) is 5.35. The van der Waals surface area contributed by atoms with Crippen molar-refractivity contribution in [2.24, 2.45) is 5.73 Å². The summed E-state index contributed by atoms with van der Waals surface area (Å²) in [6.45, 7) is 0.250. The van der Waals surface area contributed by atoms with Gasteiger partial charge in [0.2, 0.25) is 10.0 Å². The molecule has 0 radical (unpaired) electrons. The molecule has 0 bridgehead atoms. The fourth-order valence-corrected chi connectivity index (χ4v) is 3.91. The molecular formula is C13H19N3O2S. The highest BCUT2D eigenvalue weighted by atomic mass is 32.2. The zero-order chi connectivity index (χ0) is 13.9. The number of hydrogen-bond donors (Lipinski definition) is 3. The van der Waals surface area contributed by atoms with Gasteiger partial charge in [0.05, 0.1) is 5.25 Å². The van der Waals surface area contributed by atoms with Gasteiger partial charge in [-0.3, -0.25) is 5.41 Å². The number of nitrogens with one attached hydrogen (secondary N) is 2. The molecule has 4 N–H and O–H groups in total. The Morgan fingerprint density at radius 1 is 1.37 bits per heavy atom. The molecular weight excluding hydrogens is 262 g/mol. The fraction of sp³-hybridized carbons (Fsp3) is 0.462. The number of rotatable bonds is 5. The average molecular weight is 281 g/mol. The predicted octanol–water partition coefficient (Wildman–Crippen LogP) is 1.33. The second-order valence-corrected chi connectivity index (χ2v) is 6.93. The molecule has 0 saturated heterocycles. The van der Waals surface area contributed by atoms with Gasteiger partial charge in [0.1, 0.15) is 5.84 Å². The lowest BCUT2D eigenvalue weighted by Gasteiger charge is -2.12. The number of sulfonamides is 1. The van der Waals surface area contributed by atoms with Crippen LogP contribution < -0.4 is 10.5 Å². The average Bonchev–Trinajstić information content (AvgIpc) is 2.91. The van der Waals surface area contributed by atoms with Crippen molar-refractivity contribution in [1.29, 1.82) is 5.41 Å². The predicted molar refractivity (Wildman–Crippen MR) is 75.5 cm³/mol. The van der Waals surface area contributed by atoms with Crippen LogP contribution in [0.2, 0.25) is 0 Å². The first-order chi connectivity index (χ1) is 8.99. The first-order valence-electron chi connectivity index (χ1n) is 6.41. The van der Waals surface area contributed by atoms with Gasteiger partial charge < -0.3 is 5.73 Å². The summed E-state index contributed by atoms with van der Waals surface area (Å²) in [7, 11) is -3.23. The zero-order valence-electron chi connectivity index (χ0n) is 10.7. The molecule has 0 amide bonds. The molecule has 5 nitrogen and oxygen atoms in total. The maximum absolute atomic E-state index is 12.0. The van der Waals surface area contributed by atoms with Crippen LogP contribution in [0.4, 0.5) is 0 Å². The number of nitrogen functional groups attached to an aromatic ring is 1. The molecule has 0 spiro atoms. The minimum atomic E-state index is -3.23. The number of benzene rings is 1. The van der Waals surface area contributed by atoms with Gasteiger partial charge in [-0.1, -0.05) is 31.0 Å². The maximum Gasteiger partial charge on any atom is 0.214 e. The highest BCUT2D eigenvalue weighted by molar-refractivity contribution is 7.90. The molecule has 104 valence electrons. The summed E-state index contributed by atoms with van der Waals surface area (Å²) in [4.78, 5) is 0. The van der Waals surface area contributed by atoms with Gasteiger partial charge in [0, 0.05) is 12.1 Å². The van der Waals surface area contributed by atoms with Crippen LogP contribution in [0.1, 0.15) is 36.8 Å². The summed E-state index contributed by atoms with van der Waals surface area (Å²) < 4.78 is 26.7. The van der Waals surface area contributed by atoms with Crippen molar-refractivity contribution in [3.8, 4) is 0 Å². The van der Waals surface area contributed by atoms with E-state index < -0.39 is 10.0 Å². The normalized spacial score (nSPS) is 16.6. The van der Waals surface area contributed by atoms with E-state index in [4.69, 9.17) is 11.1 Å². The molecule has 1 aliphatic carbocycles. The highest BCUT2D eigenvalue weighted by Crippen LogP contribution is 2.24. The largest absolute Gasteiger partial charge is 0.384 e. The Bertz CT molecular complexity index is 563. The third kappa shape index (κ3) is 3.54. The van der Waals surface area contributed by atoms with Crippen molar-refractivity contribution in [3.63, 3.8) is 0 Å². The molecule has 1 aromatic rings. The molecule has 2 rings (SSSR count). The van der Waals surface area contributed by atoms with E-state index in [0.717, 1.165) is 31.2 Å². The Morgan fingerprint density at radius 2 is 2.05 bits per heavy atom. The molecule has 1 fully saturated rings. The zero-order valence-corrected chi connectivity index (χ0v) is 11.5. The third-order valence-electron chi connectivity index (χ3n) is 3.46. The molecule has 0 aromatic heterocycles. The van der Waals surface area contributed by atoms with Crippen LogP contribution in [-0.2, 0) is 16.6 Å². The maximum atomic E-state index is 12.0. The Hall–Kier alpha value is -1.40. The molecule has 0 aliphatic heterocycles. The van der Waals surface area contributed by atoms with E-state index in [0.29, 0.717) is 5.56 Å². The van der Waals surface area contributed by atoms with Gasteiger partial charge in [0.25, 0.3) is 0 Å². The highest BCUT2D eigenvalue weighted by Gasteiger charge is 2.28. The summed E-state index contributed by atoms with van der Waals surface area (Å²) in [5, 5.41) is 7.12. The lowest BCUT2D eigenvalue weighted by molar-refractivity contribution is 0.564. The standard InChI is InChI=1S/C13H19N3O2S/c14-13(15)11-5-3-4-10(8-11)9-16-19(17,18)12-6-1-2-7-12/h3-5,8,12,16H,1-2,6-7,9H2,(H3,14,15). The van der Waals surface area contributed by atoms with Crippen LogP contribution in [0.15, 0.2) is 24.3 Å². The summed E-state index contributed by atoms with van der Waals surface area (Å²) in [6.07, 6.45) is 3.49. The molecule has 1 aliphatic rings. The van der Waals surface area contributed by atoms with E-state index in [2.05, 4.69) is 4.72 Å². The molecule has 1 aromatic carbocycles. The van der Waals surface area contributed by atoms with Gasteiger partial charge in [-0.2, -0.15) is 0 Å². The first-order valence-corrected chi connectivity index (χ1v) is 7.95. The van der Waals surface area contributed by atoms with Gasteiger partial charge >= 0.3 is 0 Å². The second kappa shape index (κ2) is 5.71. The van der Waals surface area contributed by atoms with Crippen molar-refractivity contribution in [3.05, 3.63) is 35.4 Å². The van der Waals surface area contributed by atoms with E-state index in [1.54, 1.807) is 18.2 Å². The van der Waals surface area contributed by atoms with E-state index in [9.17, 15) is 8.42 Å². The smallest absolute Gasteiger partial charge is 0.214 e. The summed E-state index contributed by atoms with van der Waals surface area (Å²) in [6, 6.07) is 7.07. The van der Waals surface area contributed by atoms with Gasteiger partial charge in [0.15, 0.2) is 0 Å². The monoisotopic (exact) mass is 281 g/mol. The van der Waals surface area contributed by atoms with Crippen molar-refractivity contribution in [2.75, 3.05) is 0 Å². The van der Waals surface area contributed by atoms with Crippen molar-refractivity contribution in [1.82, 2.24) is 4.72 Å². The fourth-order valence-electron chi connectivity index (χ4n) is 2.35. The topological polar surface area (TPSA) is 96.0 Å². The minimum absolute atomic E-state index is 0.0134. The van der Waals surface area contributed by atoms with E-state index >= 15 is 0 Å². The van der Waals surface area contributed by atoms with Crippen LogP contribution in [0.25, 0.3) is 0 Å². The summed E-state index contributed by atoms with van der Waals surface area (Å²) in [5.41, 5.74) is 6.83. The quantitative estimate of drug-likeness (QED) is 0.561. The molecule has 1 saturated carbocycles. The second-order valence-electron chi connectivity index (χ2n) is 4.89. The van der Waals surface area contributed by atoms with E-state index in [1.807, 2.05) is 6.07 Å². The van der Waals surface area contributed by atoms with Crippen molar-refractivity contribution < 1.29 is 8.42 Å².